The molecule has 0 radical (unpaired) electrons. The second kappa shape index (κ2) is 12.2. The van der Waals surface area contributed by atoms with Gasteiger partial charge < -0.3 is 9.47 Å². The predicted molar refractivity (Wildman–Crippen MR) is 125 cm³/mol. The van der Waals surface area contributed by atoms with Crippen molar-refractivity contribution in [1.82, 2.24) is 10.2 Å². The van der Waals surface area contributed by atoms with E-state index in [0.717, 1.165) is 30.0 Å². The van der Waals surface area contributed by atoms with Crippen molar-refractivity contribution in [3.8, 4) is 17.6 Å². The van der Waals surface area contributed by atoms with Gasteiger partial charge in [-0.1, -0.05) is 55.0 Å². The fourth-order valence-corrected chi connectivity index (χ4v) is 3.52. The minimum Gasteiger partial charge on any atom is -0.490 e. The number of amides is 1. The number of carbonyl (C=O) groups is 1. The van der Waals surface area contributed by atoms with Crippen LogP contribution in [0.5, 0.6) is 11.5 Å². The van der Waals surface area contributed by atoms with Gasteiger partial charge in [-0.3, -0.25) is 10.1 Å². The van der Waals surface area contributed by atoms with E-state index in [-0.39, 0.29) is 5.57 Å². The molecule has 0 bridgehead atoms. The monoisotopic (exact) mass is 448 g/mol. The summed E-state index contributed by atoms with van der Waals surface area (Å²) in [5, 5.41) is 21.4. The number of carbonyl (C=O) groups excluding carboxylic acids is 1. The highest BCUT2D eigenvalue weighted by molar-refractivity contribution is 7.15. The molecule has 7 nitrogen and oxygen atoms in total. The summed E-state index contributed by atoms with van der Waals surface area (Å²) in [5.41, 5.74) is 0.652. The zero-order valence-corrected chi connectivity index (χ0v) is 18.6. The normalized spacial score (nSPS) is 10.9. The van der Waals surface area contributed by atoms with E-state index in [1.54, 1.807) is 18.2 Å². The molecule has 3 rings (SSSR count). The van der Waals surface area contributed by atoms with Crippen LogP contribution in [0.25, 0.3) is 6.08 Å². The molecule has 0 atom stereocenters. The van der Waals surface area contributed by atoms with E-state index < -0.39 is 5.91 Å². The SMILES string of the molecule is CCCCc1nnc(NC(=O)C(C#N)=Cc2cccc(OCCOc3ccccc3)c2)s1. The van der Waals surface area contributed by atoms with Gasteiger partial charge in [0.2, 0.25) is 5.13 Å². The Bertz CT molecular complexity index is 1090. The molecule has 0 unspecified atom stereocenters. The van der Waals surface area contributed by atoms with Crippen molar-refractivity contribution in [2.24, 2.45) is 0 Å². The Morgan fingerprint density at radius 3 is 2.59 bits per heavy atom. The van der Waals surface area contributed by atoms with Crippen molar-refractivity contribution in [3.05, 3.63) is 70.7 Å². The molecule has 1 heterocycles. The highest BCUT2D eigenvalue weighted by Gasteiger charge is 2.13. The molecule has 1 amide bonds. The molecule has 0 spiro atoms. The number of hydrogen-bond donors (Lipinski definition) is 1. The number of para-hydroxylation sites is 1. The van der Waals surface area contributed by atoms with Gasteiger partial charge >= 0.3 is 0 Å². The summed E-state index contributed by atoms with van der Waals surface area (Å²) in [6.45, 7) is 2.87. The summed E-state index contributed by atoms with van der Waals surface area (Å²) in [4.78, 5) is 12.5. The number of anilines is 1. The molecule has 0 aliphatic carbocycles. The number of aryl methyl sites for hydroxylation is 1. The van der Waals surface area contributed by atoms with Crippen molar-refractivity contribution in [2.75, 3.05) is 18.5 Å². The maximum atomic E-state index is 12.5. The zero-order chi connectivity index (χ0) is 22.6. The van der Waals surface area contributed by atoms with Gasteiger partial charge in [-0.25, -0.2) is 0 Å². The van der Waals surface area contributed by atoms with Crippen LogP contribution in [-0.2, 0) is 11.2 Å². The van der Waals surface area contributed by atoms with Crippen LogP contribution in [0.4, 0.5) is 5.13 Å². The lowest BCUT2D eigenvalue weighted by Gasteiger charge is -2.09. The van der Waals surface area contributed by atoms with Crippen LogP contribution in [0.2, 0.25) is 0 Å². The minimum absolute atomic E-state index is 0.0279. The number of benzene rings is 2. The van der Waals surface area contributed by atoms with E-state index in [2.05, 4.69) is 22.4 Å². The topological polar surface area (TPSA) is 97.1 Å². The van der Waals surface area contributed by atoms with E-state index >= 15 is 0 Å². The Hall–Kier alpha value is -3.70. The summed E-state index contributed by atoms with van der Waals surface area (Å²) in [6, 6.07) is 18.6. The number of aromatic nitrogens is 2. The largest absolute Gasteiger partial charge is 0.490 e. The van der Waals surface area contributed by atoms with Gasteiger partial charge in [0, 0.05) is 6.42 Å². The number of nitrogens with zero attached hydrogens (tertiary/aromatic N) is 3. The lowest BCUT2D eigenvalue weighted by Crippen LogP contribution is -2.13. The number of unbranched alkanes of at least 4 members (excludes halogenated alkanes) is 1. The van der Waals surface area contributed by atoms with E-state index in [1.165, 1.54) is 17.4 Å². The molecule has 0 aliphatic heterocycles. The first kappa shape index (κ1) is 23.0. The Morgan fingerprint density at radius 1 is 1.09 bits per heavy atom. The number of nitriles is 1. The van der Waals surface area contributed by atoms with E-state index in [4.69, 9.17) is 9.47 Å². The smallest absolute Gasteiger partial charge is 0.268 e. The van der Waals surface area contributed by atoms with Crippen LogP contribution >= 0.6 is 11.3 Å². The van der Waals surface area contributed by atoms with Crippen molar-refractivity contribution >= 4 is 28.5 Å². The molecule has 0 fully saturated rings. The van der Waals surface area contributed by atoms with Crippen LogP contribution in [0.1, 0.15) is 30.3 Å². The quantitative estimate of drug-likeness (QED) is 0.255. The third-order valence-electron chi connectivity index (χ3n) is 4.33. The molecule has 3 aromatic rings. The molecule has 1 N–H and O–H groups in total. The number of hydrogen-bond acceptors (Lipinski definition) is 7. The van der Waals surface area contributed by atoms with Crippen molar-refractivity contribution in [2.45, 2.75) is 26.2 Å². The molecule has 1 aromatic heterocycles. The van der Waals surface area contributed by atoms with Crippen LogP contribution in [0.15, 0.2) is 60.2 Å². The predicted octanol–water partition coefficient (Wildman–Crippen LogP) is 4.88. The molecule has 0 saturated heterocycles. The highest BCUT2D eigenvalue weighted by Crippen LogP contribution is 2.20. The molecule has 164 valence electrons. The number of nitrogens with one attached hydrogen (secondary N) is 1. The standard InChI is InChI=1S/C24H24N4O3S/c1-2-3-12-22-27-28-24(32-22)26-23(29)19(17-25)15-18-8-7-11-21(16-18)31-14-13-30-20-9-5-4-6-10-20/h4-11,15-16H,2-3,12-14H2,1H3,(H,26,28,29). The lowest BCUT2D eigenvalue weighted by molar-refractivity contribution is -0.112. The molecule has 2 aromatic carbocycles. The van der Waals surface area contributed by atoms with Gasteiger partial charge in [-0.05, 0) is 42.3 Å². The third kappa shape index (κ3) is 7.22. The summed E-state index contributed by atoms with van der Waals surface area (Å²) in [6.07, 6.45) is 4.42. The Kier molecular flexibility index (Phi) is 8.78. The average molecular weight is 449 g/mol. The first-order chi connectivity index (χ1) is 15.7. The highest BCUT2D eigenvalue weighted by atomic mass is 32.1. The zero-order valence-electron chi connectivity index (χ0n) is 17.8. The molecular weight excluding hydrogens is 424 g/mol. The second-order valence-corrected chi connectivity index (χ2v) is 7.87. The number of ether oxygens (including phenoxy) is 2. The summed E-state index contributed by atoms with van der Waals surface area (Å²) in [7, 11) is 0. The maximum absolute atomic E-state index is 12.5. The van der Waals surface area contributed by atoms with Gasteiger partial charge in [-0.15, -0.1) is 10.2 Å². The second-order valence-electron chi connectivity index (χ2n) is 6.81. The number of rotatable bonds is 11. The Morgan fingerprint density at radius 2 is 1.84 bits per heavy atom. The van der Waals surface area contributed by atoms with Crippen LogP contribution in [-0.4, -0.2) is 29.3 Å². The van der Waals surface area contributed by atoms with Crippen molar-refractivity contribution in [1.29, 1.82) is 5.26 Å². The molecule has 32 heavy (non-hydrogen) atoms. The van der Waals surface area contributed by atoms with Gasteiger partial charge in [0.15, 0.2) is 0 Å². The molecular formula is C24H24N4O3S. The summed E-state index contributed by atoms with van der Waals surface area (Å²) >= 11 is 1.32. The minimum atomic E-state index is -0.520. The van der Waals surface area contributed by atoms with Gasteiger partial charge in [0.1, 0.15) is 41.4 Å². The first-order valence-electron chi connectivity index (χ1n) is 10.3. The average Bonchev–Trinajstić information content (AvgIpc) is 3.27. The summed E-state index contributed by atoms with van der Waals surface area (Å²) in [5.74, 6) is 0.886. The van der Waals surface area contributed by atoms with E-state index in [0.29, 0.717) is 29.7 Å². The fraction of sp³-hybridized carbons (Fsp3) is 0.250. The fourth-order valence-electron chi connectivity index (χ4n) is 2.74. The lowest BCUT2D eigenvalue weighted by atomic mass is 10.1. The third-order valence-corrected chi connectivity index (χ3v) is 5.23. The van der Waals surface area contributed by atoms with Gasteiger partial charge in [0.05, 0.1) is 0 Å². The Balaban J connectivity index is 1.56. The van der Waals surface area contributed by atoms with Gasteiger partial charge in [0.25, 0.3) is 5.91 Å². The maximum Gasteiger partial charge on any atom is 0.268 e. The van der Waals surface area contributed by atoms with E-state index in [1.807, 2.05) is 42.5 Å². The van der Waals surface area contributed by atoms with Gasteiger partial charge in [-0.2, -0.15) is 5.26 Å². The van der Waals surface area contributed by atoms with Crippen LogP contribution in [0.3, 0.4) is 0 Å². The molecule has 8 heteroatoms. The van der Waals surface area contributed by atoms with Crippen LogP contribution in [0, 0.1) is 11.3 Å². The van der Waals surface area contributed by atoms with Crippen molar-refractivity contribution in [3.63, 3.8) is 0 Å². The summed E-state index contributed by atoms with van der Waals surface area (Å²) < 4.78 is 11.3. The van der Waals surface area contributed by atoms with Crippen molar-refractivity contribution < 1.29 is 14.3 Å². The first-order valence-corrected chi connectivity index (χ1v) is 11.2. The molecule has 0 aliphatic rings. The Labute approximate surface area is 191 Å². The molecule has 0 saturated carbocycles. The van der Waals surface area contributed by atoms with E-state index in [9.17, 15) is 10.1 Å². The van der Waals surface area contributed by atoms with Crippen LogP contribution < -0.4 is 14.8 Å².